The first kappa shape index (κ1) is 19.3. The molecule has 4 nitrogen and oxygen atoms in total. The van der Waals surface area contributed by atoms with Crippen molar-refractivity contribution >= 4 is 58.1 Å². The second-order valence-electron chi connectivity index (χ2n) is 4.42. The second kappa shape index (κ2) is 9.37. The third-order valence-electron chi connectivity index (χ3n) is 2.84. The first-order valence-electron chi connectivity index (χ1n) is 6.37. The minimum Gasteiger partial charge on any atom is -0.320 e. The van der Waals surface area contributed by atoms with E-state index in [4.69, 9.17) is 17.3 Å². The zero-order valence-electron chi connectivity index (χ0n) is 11.9. The van der Waals surface area contributed by atoms with Crippen LogP contribution >= 0.6 is 47.1 Å². The summed E-state index contributed by atoms with van der Waals surface area (Å²) >= 11 is 8.91. The number of benzene rings is 1. The van der Waals surface area contributed by atoms with E-state index in [1.54, 1.807) is 11.8 Å². The molecule has 1 amide bonds. The summed E-state index contributed by atoms with van der Waals surface area (Å²) in [6, 6.07) is 6.92. The lowest BCUT2D eigenvalue weighted by molar-refractivity contribution is -0.117. The van der Waals surface area contributed by atoms with E-state index < -0.39 is 6.04 Å². The number of anilines is 1. The van der Waals surface area contributed by atoms with Gasteiger partial charge in [0, 0.05) is 16.0 Å². The molecule has 1 heterocycles. The van der Waals surface area contributed by atoms with Gasteiger partial charge in [0.1, 0.15) is 0 Å². The zero-order chi connectivity index (χ0) is 15.2. The first-order valence-corrected chi connectivity index (χ1v) is 9.02. The molecule has 0 saturated carbocycles. The van der Waals surface area contributed by atoms with E-state index in [-0.39, 0.29) is 18.3 Å². The predicted octanol–water partition coefficient (Wildman–Crippen LogP) is 3.90. The van der Waals surface area contributed by atoms with Crippen LogP contribution in [0.25, 0.3) is 11.3 Å². The number of aromatic nitrogens is 1. The number of hydrogen-bond acceptors (Lipinski definition) is 5. The van der Waals surface area contributed by atoms with Gasteiger partial charge in [-0.1, -0.05) is 23.7 Å². The van der Waals surface area contributed by atoms with Gasteiger partial charge in [-0.25, -0.2) is 4.98 Å². The van der Waals surface area contributed by atoms with Gasteiger partial charge >= 0.3 is 0 Å². The molecule has 0 aliphatic carbocycles. The fourth-order valence-electron chi connectivity index (χ4n) is 1.66. The highest BCUT2D eigenvalue weighted by Gasteiger charge is 2.15. The minimum absolute atomic E-state index is 0. The van der Waals surface area contributed by atoms with Crippen LogP contribution in [0.15, 0.2) is 29.6 Å². The molecule has 0 saturated heterocycles. The van der Waals surface area contributed by atoms with Crippen molar-refractivity contribution in [2.24, 2.45) is 5.73 Å². The lowest BCUT2D eigenvalue weighted by atomic mass is 10.2. The van der Waals surface area contributed by atoms with E-state index in [9.17, 15) is 4.79 Å². The summed E-state index contributed by atoms with van der Waals surface area (Å²) in [4.78, 5) is 16.3. The van der Waals surface area contributed by atoms with Crippen molar-refractivity contribution in [2.45, 2.75) is 12.5 Å². The predicted molar refractivity (Wildman–Crippen MR) is 99.4 cm³/mol. The van der Waals surface area contributed by atoms with Crippen molar-refractivity contribution in [3.63, 3.8) is 0 Å². The second-order valence-corrected chi connectivity index (χ2v) is 6.70. The Kier molecular flexibility index (Phi) is 8.20. The number of thioether (sulfide) groups is 1. The van der Waals surface area contributed by atoms with Crippen molar-refractivity contribution in [1.82, 2.24) is 4.98 Å². The lowest BCUT2D eigenvalue weighted by Crippen LogP contribution is -2.36. The summed E-state index contributed by atoms with van der Waals surface area (Å²) in [5, 5.41) is 5.90. The Labute approximate surface area is 149 Å². The van der Waals surface area contributed by atoms with Crippen LogP contribution in [0.1, 0.15) is 6.42 Å². The number of rotatable bonds is 6. The molecule has 0 aliphatic rings. The van der Waals surface area contributed by atoms with Crippen LogP contribution in [-0.2, 0) is 4.79 Å². The topological polar surface area (TPSA) is 68.0 Å². The summed E-state index contributed by atoms with van der Waals surface area (Å²) < 4.78 is 0. The van der Waals surface area contributed by atoms with Crippen LogP contribution in [0, 0.1) is 0 Å². The molecule has 1 aromatic carbocycles. The Balaban J connectivity index is 0.00000242. The summed E-state index contributed by atoms with van der Waals surface area (Å²) in [6.45, 7) is 0. The van der Waals surface area contributed by atoms with Gasteiger partial charge in [-0.15, -0.1) is 23.7 Å². The van der Waals surface area contributed by atoms with Crippen molar-refractivity contribution in [2.75, 3.05) is 17.3 Å². The van der Waals surface area contributed by atoms with Gasteiger partial charge in [0.2, 0.25) is 5.91 Å². The van der Waals surface area contributed by atoms with Crippen LogP contribution < -0.4 is 11.1 Å². The molecule has 0 spiro atoms. The Morgan fingerprint density at radius 2 is 2.14 bits per heavy atom. The molecule has 0 unspecified atom stereocenters. The fraction of sp³-hybridized carbons (Fsp3) is 0.286. The third-order valence-corrected chi connectivity index (χ3v) is 4.50. The lowest BCUT2D eigenvalue weighted by Gasteiger charge is -2.09. The highest BCUT2D eigenvalue weighted by Crippen LogP contribution is 2.26. The normalized spacial score (nSPS) is 11.6. The highest BCUT2D eigenvalue weighted by molar-refractivity contribution is 7.98. The highest BCUT2D eigenvalue weighted by atomic mass is 35.5. The van der Waals surface area contributed by atoms with Crippen LogP contribution in [-0.4, -0.2) is 28.9 Å². The van der Waals surface area contributed by atoms with Gasteiger partial charge < -0.3 is 11.1 Å². The molecule has 2 aromatic rings. The number of hydrogen-bond donors (Lipinski definition) is 2. The fourth-order valence-corrected chi connectivity index (χ4v) is 3.00. The molecule has 0 bridgehead atoms. The van der Waals surface area contributed by atoms with Crippen molar-refractivity contribution in [3.8, 4) is 11.3 Å². The molecule has 22 heavy (non-hydrogen) atoms. The van der Waals surface area contributed by atoms with Gasteiger partial charge in [0.05, 0.1) is 11.7 Å². The van der Waals surface area contributed by atoms with Crippen LogP contribution in [0.4, 0.5) is 5.13 Å². The van der Waals surface area contributed by atoms with Gasteiger partial charge in [0.15, 0.2) is 5.13 Å². The number of nitrogens with zero attached hydrogens (tertiary/aromatic N) is 1. The van der Waals surface area contributed by atoms with Crippen molar-refractivity contribution in [1.29, 1.82) is 0 Å². The number of nitrogens with two attached hydrogens (primary N) is 1. The summed E-state index contributed by atoms with van der Waals surface area (Å²) in [6.07, 6.45) is 2.65. The third kappa shape index (κ3) is 5.44. The molecule has 3 N–H and O–H groups in total. The summed E-state index contributed by atoms with van der Waals surface area (Å²) in [5.74, 6) is 0.670. The standard InChI is InChI=1S/C14H16ClN3OS2.ClH/c1-20-7-6-11(16)13(19)18-14-17-12(8-21-14)9-2-4-10(15)5-3-9;/h2-5,8,11H,6-7,16H2,1H3,(H,17,18,19);1H/t11-;/m0./s1. The molecule has 8 heteroatoms. The van der Waals surface area contributed by atoms with E-state index in [2.05, 4.69) is 10.3 Å². The van der Waals surface area contributed by atoms with E-state index in [0.717, 1.165) is 17.0 Å². The maximum atomic E-state index is 11.9. The zero-order valence-corrected chi connectivity index (χ0v) is 15.1. The molecule has 120 valence electrons. The maximum absolute atomic E-state index is 11.9. The molecular weight excluding hydrogens is 361 g/mol. The molecular formula is C14H17Cl2N3OS2. The number of amides is 1. The Bertz CT molecular complexity index is 604. The molecule has 0 fully saturated rings. The van der Waals surface area contributed by atoms with Crippen LogP contribution in [0.5, 0.6) is 0 Å². The Morgan fingerprint density at radius 3 is 2.77 bits per heavy atom. The van der Waals surface area contributed by atoms with E-state index in [1.165, 1.54) is 11.3 Å². The number of halogens is 2. The molecule has 0 aliphatic heterocycles. The van der Waals surface area contributed by atoms with Crippen molar-refractivity contribution in [3.05, 3.63) is 34.7 Å². The van der Waals surface area contributed by atoms with Crippen LogP contribution in [0.3, 0.4) is 0 Å². The summed E-state index contributed by atoms with van der Waals surface area (Å²) in [7, 11) is 0. The maximum Gasteiger partial charge on any atom is 0.243 e. The molecule has 2 rings (SSSR count). The average molecular weight is 378 g/mol. The first-order chi connectivity index (χ1) is 10.1. The summed E-state index contributed by atoms with van der Waals surface area (Å²) in [5.41, 5.74) is 7.59. The quantitative estimate of drug-likeness (QED) is 0.800. The van der Waals surface area contributed by atoms with E-state index >= 15 is 0 Å². The average Bonchev–Trinajstić information content (AvgIpc) is 2.93. The number of thiazole rings is 1. The molecule has 1 aromatic heterocycles. The largest absolute Gasteiger partial charge is 0.320 e. The Morgan fingerprint density at radius 1 is 1.45 bits per heavy atom. The van der Waals surface area contributed by atoms with Gasteiger partial charge in [-0.05, 0) is 30.6 Å². The number of carbonyl (C=O) groups is 1. The molecule has 0 radical (unpaired) electrons. The number of carbonyl (C=O) groups excluding carboxylic acids is 1. The van der Waals surface area contributed by atoms with E-state index in [1.807, 2.05) is 35.9 Å². The van der Waals surface area contributed by atoms with Crippen molar-refractivity contribution < 1.29 is 4.79 Å². The van der Waals surface area contributed by atoms with Gasteiger partial charge in [-0.2, -0.15) is 11.8 Å². The molecule has 1 atom stereocenters. The van der Waals surface area contributed by atoms with Gasteiger partial charge in [0.25, 0.3) is 0 Å². The smallest absolute Gasteiger partial charge is 0.243 e. The Hall–Kier alpha value is -0.790. The SMILES string of the molecule is CSCC[C@H](N)C(=O)Nc1nc(-c2ccc(Cl)cc2)cs1.Cl. The minimum atomic E-state index is -0.500. The monoisotopic (exact) mass is 377 g/mol. The van der Waals surface area contributed by atoms with Gasteiger partial charge in [-0.3, -0.25) is 4.79 Å². The van der Waals surface area contributed by atoms with E-state index in [0.29, 0.717) is 16.6 Å². The van der Waals surface area contributed by atoms with Crippen LogP contribution in [0.2, 0.25) is 5.02 Å². The number of nitrogens with one attached hydrogen (secondary N) is 1.